The van der Waals surface area contributed by atoms with Crippen LogP contribution in [0.2, 0.25) is 0 Å². The summed E-state index contributed by atoms with van der Waals surface area (Å²) in [5.41, 5.74) is 1.48. The fourth-order valence-corrected chi connectivity index (χ4v) is 1.94. The Hall–Kier alpha value is -1.62. The molecule has 0 aromatic carbocycles. The molecule has 0 N–H and O–H groups in total. The van der Waals surface area contributed by atoms with Crippen molar-refractivity contribution in [2.24, 2.45) is 0 Å². The van der Waals surface area contributed by atoms with Crippen molar-refractivity contribution in [1.82, 2.24) is 15.0 Å². The monoisotopic (exact) mass is 219 g/mol. The van der Waals surface area contributed by atoms with Crippen LogP contribution < -0.4 is 0 Å². The number of rotatable bonds is 3. The molecule has 4 nitrogen and oxygen atoms in total. The van der Waals surface area contributed by atoms with Crippen LogP contribution in [0.1, 0.15) is 21.1 Å². The molecule has 0 unspecified atom stereocenters. The second-order valence-electron chi connectivity index (χ2n) is 3.11. The fourth-order valence-electron chi connectivity index (χ4n) is 1.17. The molecule has 0 bridgehead atoms. The van der Waals surface area contributed by atoms with Crippen molar-refractivity contribution < 1.29 is 4.79 Å². The van der Waals surface area contributed by atoms with Crippen molar-refractivity contribution >= 4 is 17.1 Å². The van der Waals surface area contributed by atoms with Gasteiger partial charge in [0.15, 0.2) is 5.78 Å². The van der Waals surface area contributed by atoms with Gasteiger partial charge in [-0.15, -0.1) is 11.3 Å². The van der Waals surface area contributed by atoms with Gasteiger partial charge in [-0.25, -0.2) is 15.0 Å². The highest BCUT2D eigenvalue weighted by molar-refractivity contribution is 7.09. The zero-order chi connectivity index (χ0) is 10.7. The number of carbonyl (C=O) groups is 1. The zero-order valence-electron chi connectivity index (χ0n) is 8.17. The van der Waals surface area contributed by atoms with Crippen LogP contribution in [0.15, 0.2) is 24.1 Å². The summed E-state index contributed by atoms with van der Waals surface area (Å²) >= 11 is 1.50. The minimum absolute atomic E-state index is 0.00458. The molecule has 0 saturated heterocycles. The Balaban J connectivity index is 2.11. The first kappa shape index (κ1) is 9.92. The largest absolute Gasteiger partial charge is 0.294 e. The number of hydrogen-bond acceptors (Lipinski definition) is 5. The molecular weight excluding hydrogens is 210 g/mol. The van der Waals surface area contributed by atoms with Gasteiger partial charge in [-0.3, -0.25) is 4.79 Å². The summed E-state index contributed by atoms with van der Waals surface area (Å²) in [6, 6.07) is 0. The average molecular weight is 219 g/mol. The number of aromatic nitrogens is 3. The Bertz CT molecular complexity index is 467. The summed E-state index contributed by atoms with van der Waals surface area (Å²) in [6.07, 6.45) is 4.78. The predicted molar refractivity (Wildman–Crippen MR) is 56.9 cm³/mol. The summed E-state index contributed by atoms with van der Waals surface area (Å²) in [7, 11) is 0. The zero-order valence-corrected chi connectivity index (χ0v) is 8.99. The van der Waals surface area contributed by atoms with Crippen molar-refractivity contribution in [2.45, 2.75) is 13.3 Å². The van der Waals surface area contributed by atoms with Gasteiger partial charge in [-0.05, 0) is 6.92 Å². The van der Waals surface area contributed by atoms with E-state index >= 15 is 0 Å². The van der Waals surface area contributed by atoms with Gasteiger partial charge in [0.25, 0.3) is 0 Å². The van der Waals surface area contributed by atoms with E-state index in [2.05, 4.69) is 15.0 Å². The van der Waals surface area contributed by atoms with E-state index in [1.54, 1.807) is 0 Å². The molecule has 0 spiro atoms. The lowest BCUT2D eigenvalue weighted by Gasteiger charge is -1.95. The quantitative estimate of drug-likeness (QED) is 0.737. The SMILES string of the molecule is Cc1csc(CC(=O)c2cncnc2)n1. The van der Waals surface area contributed by atoms with E-state index in [1.165, 1.54) is 30.1 Å². The maximum absolute atomic E-state index is 11.7. The van der Waals surface area contributed by atoms with Crippen molar-refractivity contribution in [1.29, 1.82) is 0 Å². The van der Waals surface area contributed by atoms with E-state index in [0.29, 0.717) is 12.0 Å². The van der Waals surface area contributed by atoms with Crippen molar-refractivity contribution in [3.05, 3.63) is 40.4 Å². The molecule has 2 aromatic heterocycles. The van der Waals surface area contributed by atoms with Crippen LogP contribution in [0.4, 0.5) is 0 Å². The van der Waals surface area contributed by atoms with Crippen molar-refractivity contribution in [3.8, 4) is 0 Å². The first-order valence-electron chi connectivity index (χ1n) is 4.45. The number of nitrogens with zero attached hydrogens (tertiary/aromatic N) is 3. The minimum Gasteiger partial charge on any atom is -0.294 e. The van der Waals surface area contributed by atoms with Gasteiger partial charge in [0, 0.05) is 23.5 Å². The van der Waals surface area contributed by atoms with Crippen LogP contribution in [-0.2, 0) is 6.42 Å². The number of carbonyl (C=O) groups excluding carboxylic acids is 1. The molecular formula is C10H9N3OS. The molecule has 0 atom stereocenters. The van der Waals surface area contributed by atoms with E-state index in [1.807, 2.05) is 12.3 Å². The van der Waals surface area contributed by atoms with Gasteiger partial charge in [0.05, 0.1) is 12.0 Å². The van der Waals surface area contributed by atoms with Crippen LogP contribution in [0.25, 0.3) is 0 Å². The number of thiazole rings is 1. The van der Waals surface area contributed by atoms with E-state index in [4.69, 9.17) is 0 Å². The van der Waals surface area contributed by atoms with Gasteiger partial charge in [0.1, 0.15) is 11.3 Å². The third-order valence-corrected chi connectivity index (χ3v) is 2.83. The molecule has 0 radical (unpaired) electrons. The maximum atomic E-state index is 11.7. The Labute approximate surface area is 91.0 Å². The van der Waals surface area contributed by atoms with Crippen LogP contribution >= 0.6 is 11.3 Å². The lowest BCUT2D eigenvalue weighted by molar-refractivity contribution is 0.0992. The topological polar surface area (TPSA) is 55.7 Å². The Morgan fingerprint density at radius 3 is 2.73 bits per heavy atom. The summed E-state index contributed by atoms with van der Waals surface area (Å²) in [5.74, 6) is 0.00458. The molecule has 2 rings (SSSR count). The van der Waals surface area contributed by atoms with E-state index in [-0.39, 0.29) is 5.78 Å². The summed E-state index contributed by atoms with van der Waals surface area (Å²) in [6.45, 7) is 1.91. The first-order chi connectivity index (χ1) is 7.25. The lowest BCUT2D eigenvalue weighted by Crippen LogP contribution is -2.04. The molecule has 2 heterocycles. The normalized spacial score (nSPS) is 10.2. The number of Topliss-reactive ketones (excluding diaryl/α,β-unsaturated/α-hetero) is 1. The molecule has 5 heteroatoms. The van der Waals surface area contributed by atoms with Crippen LogP contribution in [-0.4, -0.2) is 20.7 Å². The van der Waals surface area contributed by atoms with Crippen LogP contribution in [0, 0.1) is 6.92 Å². The predicted octanol–water partition coefficient (Wildman–Crippen LogP) is 1.67. The minimum atomic E-state index is 0.00458. The highest BCUT2D eigenvalue weighted by Crippen LogP contribution is 2.11. The number of aryl methyl sites for hydroxylation is 1. The van der Waals surface area contributed by atoms with Gasteiger partial charge in [-0.2, -0.15) is 0 Å². The van der Waals surface area contributed by atoms with E-state index in [9.17, 15) is 4.79 Å². The molecule has 0 fully saturated rings. The molecule has 76 valence electrons. The van der Waals surface area contributed by atoms with Gasteiger partial charge < -0.3 is 0 Å². The second kappa shape index (κ2) is 4.27. The van der Waals surface area contributed by atoms with Gasteiger partial charge in [-0.1, -0.05) is 0 Å². The second-order valence-corrected chi connectivity index (χ2v) is 4.05. The number of ketones is 1. The smallest absolute Gasteiger partial charge is 0.172 e. The molecule has 2 aromatic rings. The Kier molecular flexibility index (Phi) is 2.82. The van der Waals surface area contributed by atoms with E-state index < -0.39 is 0 Å². The summed E-state index contributed by atoms with van der Waals surface area (Å²) in [5, 5.41) is 2.77. The van der Waals surface area contributed by atoms with Gasteiger partial charge >= 0.3 is 0 Å². The highest BCUT2D eigenvalue weighted by atomic mass is 32.1. The van der Waals surface area contributed by atoms with Crippen molar-refractivity contribution in [3.63, 3.8) is 0 Å². The maximum Gasteiger partial charge on any atom is 0.172 e. The fraction of sp³-hybridized carbons (Fsp3) is 0.200. The number of hydrogen-bond donors (Lipinski definition) is 0. The third-order valence-electron chi connectivity index (χ3n) is 1.86. The van der Waals surface area contributed by atoms with E-state index in [0.717, 1.165) is 10.7 Å². The molecule has 0 amide bonds. The van der Waals surface area contributed by atoms with Crippen molar-refractivity contribution in [2.75, 3.05) is 0 Å². The van der Waals surface area contributed by atoms with Crippen LogP contribution in [0.3, 0.4) is 0 Å². The summed E-state index contributed by atoms with van der Waals surface area (Å²) < 4.78 is 0. The molecule has 0 aliphatic heterocycles. The Morgan fingerprint density at radius 2 is 2.13 bits per heavy atom. The van der Waals surface area contributed by atoms with Crippen LogP contribution in [0.5, 0.6) is 0 Å². The average Bonchev–Trinajstić information content (AvgIpc) is 2.65. The summed E-state index contributed by atoms with van der Waals surface area (Å²) in [4.78, 5) is 23.6. The molecule has 0 aliphatic carbocycles. The lowest BCUT2D eigenvalue weighted by atomic mass is 10.2. The standard InChI is InChI=1S/C10H9N3OS/c1-7-5-15-10(13-7)2-9(14)8-3-11-6-12-4-8/h3-6H,2H2,1H3. The first-order valence-corrected chi connectivity index (χ1v) is 5.33. The highest BCUT2D eigenvalue weighted by Gasteiger charge is 2.09. The van der Waals surface area contributed by atoms with Gasteiger partial charge in [0.2, 0.25) is 0 Å². The Morgan fingerprint density at radius 1 is 1.40 bits per heavy atom. The molecule has 15 heavy (non-hydrogen) atoms. The third kappa shape index (κ3) is 2.44. The molecule has 0 aliphatic rings. The molecule has 0 saturated carbocycles.